The van der Waals surface area contributed by atoms with Crippen LogP contribution in [0.4, 0.5) is 0 Å². The van der Waals surface area contributed by atoms with Gasteiger partial charge in [-0.2, -0.15) is 0 Å². The molecule has 5 nitrogen and oxygen atoms in total. The Kier molecular flexibility index (Phi) is 5.86. The molecule has 0 amide bonds. The van der Waals surface area contributed by atoms with Crippen LogP contribution in [0.3, 0.4) is 0 Å². The van der Waals surface area contributed by atoms with Crippen LogP contribution in [0.5, 0.6) is 17.2 Å². The molecule has 23 heavy (non-hydrogen) atoms. The van der Waals surface area contributed by atoms with Crippen molar-refractivity contribution >= 4 is 5.97 Å². The predicted molar refractivity (Wildman–Crippen MR) is 84.1 cm³/mol. The van der Waals surface area contributed by atoms with E-state index in [0.717, 1.165) is 5.56 Å². The van der Waals surface area contributed by atoms with E-state index in [1.54, 1.807) is 25.3 Å². The standard InChI is InChI=1S/C18H20O5/c1-13-8-9-16(17(12-13)21-2)23-11-5-10-22-15-7-4-3-6-14(15)18(19)20/h3-4,6-9,12H,5,10-11H2,1-2H3,(H,19,20)/p-1. The van der Waals surface area contributed by atoms with Gasteiger partial charge in [0, 0.05) is 12.0 Å². The Morgan fingerprint density at radius 1 is 1.00 bits per heavy atom. The first kappa shape index (κ1) is 16.7. The van der Waals surface area contributed by atoms with Gasteiger partial charge in [0.15, 0.2) is 11.5 Å². The minimum absolute atomic E-state index is 0.0497. The molecule has 0 bridgehead atoms. The summed E-state index contributed by atoms with van der Waals surface area (Å²) in [6.45, 7) is 2.76. The number of aromatic carboxylic acids is 1. The fourth-order valence-corrected chi connectivity index (χ4v) is 2.08. The molecule has 0 heterocycles. The van der Waals surface area contributed by atoms with E-state index in [1.807, 2.05) is 25.1 Å². The summed E-state index contributed by atoms with van der Waals surface area (Å²) >= 11 is 0. The topological polar surface area (TPSA) is 67.8 Å². The van der Waals surface area contributed by atoms with Crippen LogP contribution in [-0.4, -0.2) is 26.3 Å². The molecule has 0 aliphatic carbocycles. The van der Waals surface area contributed by atoms with Crippen molar-refractivity contribution in [3.63, 3.8) is 0 Å². The number of methoxy groups -OCH3 is 1. The molecule has 122 valence electrons. The Labute approximate surface area is 135 Å². The molecule has 0 saturated heterocycles. The molecular formula is C18H19O5-. The molecular weight excluding hydrogens is 296 g/mol. The molecule has 0 aliphatic heterocycles. The molecule has 0 saturated carbocycles. The van der Waals surface area contributed by atoms with Crippen molar-refractivity contribution in [2.45, 2.75) is 13.3 Å². The first-order valence-electron chi connectivity index (χ1n) is 7.32. The van der Waals surface area contributed by atoms with E-state index in [9.17, 15) is 9.90 Å². The highest BCUT2D eigenvalue weighted by Gasteiger charge is 2.05. The van der Waals surface area contributed by atoms with Crippen LogP contribution in [-0.2, 0) is 0 Å². The van der Waals surface area contributed by atoms with Gasteiger partial charge < -0.3 is 24.1 Å². The fraction of sp³-hybridized carbons (Fsp3) is 0.278. The van der Waals surface area contributed by atoms with Gasteiger partial charge in [-0.25, -0.2) is 0 Å². The number of para-hydroxylation sites is 1. The zero-order chi connectivity index (χ0) is 16.7. The molecule has 0 spiro atoms. The van der Waals surface area contributed by atoms with Crippen LogP contribution in [0.25, 0.3) is 0 Å². The van der Waals surface area contributed by atoms with Crippen LogP contribution >= 0.6 is 0 Å². The molecule has 2 aromatic rings. The number of hydrogen-bond donors (Lipinski definition) is 0. The summed E-state index contributed by atoms with van der Waals surface area (Å²) in [5.41, 5.74) is 1.14. The Bertz CT molecular complexity index is 666. The van der Waals surface area contributed by atoms with E-state index in [-0.39, 0.29) is 5.56 Å². The highest BCUT2D eigenvalue weighted by atomic mass is 16.5. The number of hydrogen-bond acceptors (Lipinski definition) is 5. The maximum absolute atomic E-state index is 11.0. The number of ether oxygens (including phenoxy) is 3. The largest absolute Gasteiger partial charge is 0.545 e. The summed E-state index contributed by atoms with van der Waals surface area (Å²) < 4.78 is 16.4. The molecule has 0 aromatic heterocycles. The number of carboxylic acids is 1. The molecule has 2 rings (SSSR count). The van der Waals surface area contributed by atoms with E-state index in [2.05, 4.69) is 0 Å². The molecule has 2 aromatic carbocycles. The fourth-order valence-electron chi connectivity index (χ4n) is 2.08. The van der Waals surface area contributed by atoms with Crippen molar-refractivity contribution in [3.8, 4) is 17.2 Å². The zero-order valence-electron chi connectivity index (χ0n) is 13.2. The second-order valence-electron chi connectivity index (χ2n) is 4.99. The van der Waals surface area contributed by atoms with Gasteiger partial charge in [-0.3, -0.25) is 0 Å². The van der Waals surface area contributed by atoms with Gasteiger partial charge in [0.05, 0.1) is 26.3 Å². The third-order valence-corrected chi connectivity index (χ3v) is 3.23. The van der Waals surface area contributed by atoms with Gasteiger partial charge >= 0.3 is 0 Å². The monoisotopic (exact) mass is 315 g/mol. The van der Waals surface area contributed by atoms with Gasteiger partial charge in [0.2, 0.25) is 0 Å². The lowest BCUT2D eigenvalue weighted by Crippen LogP contribution is -2.23. The molecule has 0 N–H and O–H groups in total. The van der Waals surface area contributed by atoms with E-state index in [4.69, 9.17) is 14.2 Å². The summed E-state index contributed by atoms with van der Waals surface area (Å²) in [4.78, 5) is 11.0. The van der Waals surface area contributed by atoms with Crippen LogP contribution in [0.1, 0.15) is 22.3 Å². The zero-order valence-corrected chi connectivity index (χ0v) is 13.2. The minimum Gasteiger partial charge on any atom is -0.545 e. The van der Waals surface area contributed by atoms with Crippen molar-refractivity contribution in [1.82, 2.24) is 0 Å². The third kappa shape index (κ3) is 4.64. The Morgan fingerprint density at radius 3 is 2.39 bits per heavy atom. The lowest BCUT2D eigenvalue weighted by molar-refractivity contribution is -0.255. The number of aryl methyl sites for hydroxylation is 1. The smallest absolute Gasteiger partial charge is 0.161 e. The lowest BCUT2D eigenvalue weighted by atomic mass is 10.2. The van der Waals surface area contributed by atoms with Crippen molar-refractivity contribution in [2.24, 2.45) is 0 Å². The van der Waals surface area contributed by atoms with Gasteiger partial charge in [-0.15, -0.1) is 0 Å². The van der Waals surface area contributed by atoms with Gasteiger partial charge in [-0.1, -0.05) is 18.2 Å². The Morgan fingerprint density at radius 2 is 1.70 bits per heavy atom. The predicted octanol–water partition coefficient (Wildman–Crippen LogP) is 2.22. The van der Waals surface area contributed by atoms with Crippen molar-refractivity contribution in [3.05, 3.63) is 53.6 Å². The summed E-state index contributed by atoms with van der Waals surface area (Å²) in [5, 5.41) is 11.0. The SMILES string of the molecule is COc1cc(C)ccc1OCCCOc1ccccc1C(=O)[O-]. The molecule has 0 unspecified atom stereocenters. The minimum atomic E-state index is -1.25. The number of carboxylic acid groups (broad SMARTS) is 1. The van der Waals surface area contributed by atoms with Gasteiger partial charge in [0.1, 0.15) is 5.75 Å². The second kappa shape index (κ2) is 8.08. The van der Waals surface area contributed by atoms with Crippen molar-refractivity contribution in [2.75, 3.05) is 20.3 Å². The van der Waals surface area contributed by atoms with Crippen LogP contribution in [0.15, 0.2) is 42.5 Å². The average molecular weight is 315 g/mol. The molecule has 0 aliphatic rings. The summed E-state index contributed by atoms with van der Waals surface area (Å²) in [6.07, 6.45) is 0.610. The van der Waals surface area contributed by atoms with Crippen LogP contribution in [0.2, 0.25) is 0 Å². The highest BCUT2D eigenvalue weighted by Crippen LogP contribution is 2.27. The molecule has 0 atom stereocenters. The highest BCUT2D eigenvalue weighted by molar-refractivity contribution is 5.89. The summed E-state index contributed by atoms with van der Waals surface area (Å²) in [7, 11) is 1.60. The van der Waals surface area contributed by atoms with E-state index in [1.165, 1.54) is 6.07 Å². The first-order chi connectivity index (χ1) is 11.1. The average Bonchev–Trinajstić information content (AvgIpc) is 2.55. The van der Waals surface area contributed by atoms with Crippen LogP contribution in [0, 0.1) is 6.92 Å². The number of carbonyl (C=O) groups is 1. The first-order valence-corrected chi connectivity index (χ1v) is 7.32. The van der Waals surface area contributed by atoms with Gasteiger partial charge in [0.25, 0.3) is 0 Å². The van der Waals surface area contributed by atoms with E-state index in [0.29, 0.717) is 36.9 Å². The van der Waals surface area contributed by atoms with E-state index < -0.39 is 5.97 Å². The van der Waals surface area contributed by atoms with Crippen LogP contribution < -0.4 is 19.3 Å². The second-order valence-corrected chi connectivity index (χ2v) is 4.99. The van der Waals surface area contributed by atoms with Crippen molar-refractivity contribution in [1.29, 1.82) is 0 Å². The number of benzene rings is 2. The van der Waals surface area contributed by atoms with Crippen molar-refractivity contribution < 1.29 is 24.1 Å². The third-order valence-electron chi connectivity index (χ3n) is 3.23. The van der Waals surface area contributed by atoms with E-state index >= 15 is 0 Å². The molecule has 0 fully saturated rings. The molecule has 5 heteroatoms. The Balaban J connectivity index is 1.82. The van der Waals surface area contributed by atoms with Gasteiger partial charge in [-0.05, 0) is 36.8 Å². The number of carbonyl (C=O) groups excluding carboxylic acids is 1. The normalized spacial score (nSPS) is 10.2. The maximum Gasteiger partial charge on any atom is 0.161 e. The Hall–Kier alpha value is -2.69. The molecule has 0 radical (unpaired) electrons. The lowest BCUT2D eigenvalue weighted by Gasteiger charge is -2.13. The maximum atomic E-state index is 11.0. The summed E-state index contributed by atoms with van der Waals surface area (Å²) in [5.74, 6) is 0.420. The summed E-state index contributed by atoms with van der Waals surface area (Å²) in [6, 6.07) is 12.1. The quantitative estimate of drug-likeness (QED) is 0.699. The number of rotatable bonds is 8.